The van der Waals surface area contributed by atoms with Crippen molar-refractivity contribution in [3.8, 4) is 5.75 Å². The van der Waals surface area contributed by atoms with Gasteiger partial charge in [0.05, 0.1) is 11.1 Å². The lowest BCUT2D eigenvalue weighted by atomic mass is 10.0. The normalized spacial score (nSPS) is 11.3. The van der Waals surface area contributed by atoms with Gasteiger partial charge in [-0.05, 0) is 110 Å². The van der Waals surface area contributed by atoms with Gasteiger partial charge >= 0.3 is 0 Å². The second-order valence-electron chi connectivity index (χ2n) is 13.1. The Hall–Kier alpha value is -6.33. The molecule has 0 aliphatic heterocycles. The molecular formula is C45H37N3O2. The molecule has 0 bridgehead atoms. The number of hydrogen-bond donors (Lipinski definition) is 3. The Balaban J connectivity index is 0.939. The molecule has 0 aliphatic rings. The predicted octanol–water partition coefficient (Wildman–Crippen LogP) is 11.3. The number of anilines is 4. The van der Waals surface area contributed by atoms with Crippen LogP contribution < -0.4 is 10.2 Å². The number of phenols is 1. The fourth-order valence-electron chi connectivity index (χ4n) is 6.75. The van der Waals surface area contributed by atoms with Crippen LogP contribution >= 0.6 is 0 Å². The summed E-state index contributed by atoms with van der Waals surface area (Å²) in [5.74, 6) is -0.399. The van der Waals surface area contributed by atoms with Crippen molar-refractivity contribution in [2.24, 2.45) is 0 Å². The van der Waals surface area contributed by atoms with Gasteiger partial charge in [-0.15, -0.1) is 0 Å². The monoisotopic (exact) mass is 651 g/mol. The number of aromatic hydroxyl groups is 1. The van der Waals surface area contributed by atoms with Gasteiger partial charge in [0.25, 0.3) is 5.91 Å². The molecule has 1 amide bonds. The quantitative estimate of drug-likeness (QED) is 0.153. The highest BCUT2D eigenvalue weighted by molar-refractivity contribution is 6.18. The highest BCUT2D eigenvalue weighted by Gasteiger charge is 2.16. The number of rotatable bonds is 8. The van der Waals surface area contributed by atoms with Crippen LogP contribution in [0.5, 0.6) is 5.75 Å². The first-order chi connectivity index (χ1) is 24.4. The topological polar surface area (TPSA) is 68.4 Å². The van der Waals surface area contributed by atoms with Gasteiger partial charge in [-0.3, -0.25) is 4.79 Å². The van der Waals surface area contributed by atoms with E-state index in [1.807, 2.05) is 48.5 Å². The highest BCUT2D eigenvalue weighted by atomic mass is 16.3. The van der Waals surface area contributed by atoms with E-state index in [9.17, 15) is 9.90 Å². The third kappa shape index (κ3) is 6.06. The van der Waals surface area contributed by atoms with Crippen LogP contribution in [0.25, 0.3) is 32.6 Å². The van der Waals surface area contributed by atoms with E-state index in [0.29, 0.717) is 5.69 Å². The summed E-state index contributed by atoms with van der Waals surface area (Å²) in [5, 5.41) is 17.9. The number of para-hydroxylation sites is 1. The van der Waals surface area contributed by atoms with Gasteiger partial charge in [0.2, 0.25) is 0 Å². The summed E-state index contributed by atoms with van der Waals surface area (Å²) in [7, 11) is 0. The van der Waals surface area contributed by atoms with Crippen molar-refractivity contribution in [1.29, 1.82) is 0 Å². The molecule has 0 atom stereocenters. The number of hydrogen-bond acceptors (Lipinski definition) is 3. The van der Waals surface area contributed by atoms with Gasteiger partial charge in [-0.1, -0.05) is 90.0 Å². The molecule has 1 aromatic heterocycles. The van der Waals surface area contributed by atoms with Gasteiger partial charge in [-0.2, -0.15) is 0 Å². The summed E-state index contributed by atoms with van der Waals surface area (Å²) < 4.78 is 0. The second kappa shape index (κ2) is 12.9. The van der Waals surface area contributed by atoms with Gasteiger partial charge in [0, 0.05) is 44.4 Å². The maximum Gasteiger partial charge on any atom is 0.259 e. The van der Waals surface area contributed by atoms with Gasteiger partial charge < -0.3 is 20.3 Å². The van der Waals surface area contributed by atoms with Gasteiger partial charge in [-0.25, -0.2) is 0 Å². The number of phenolic OH excluding ortho intramolecular Hbond substituents is 1. The Morgan fingerprint density at radius 1 is 0.620 bits per heavy atom. The number of aromatic nitrogens is 1. The van der Waals surface area contributed by atoms with Crippen LogP contribution in [-0.4, -0.2) is 16.0 Å². The van der Waals surface area contributed by atoms with Crippen molar-refractivity contribution in [1.82, 2.24) is 4.98 Å². The molecule has 0 saturated carbocycles. The molecular weight excluding hydrogens is 615 g/mol. The number of benzene rings is 7. The molecule has 0 spiro atoms. The van der Waals surface area contributed by atoms with Crippen molar-refractivity contribution in [3.63, 3.8) is 0 Å². The van der Waals surface area contributed by atoms with Crippen molar-refractivity contribution in [3.05, 3.63) is 173 Å². The average molecular weight is 652 g/mol. The maximum absolute atomic E-state index is 13.3. The first kappa shape index (κ1) is 31.0. The van der Waals surface area contributed by atoms with Crippen LogP contribution in [0.2, 0.25) is 0 Å². The molecule has 244 valence electrons. The summed E-state index contributed by atoms with van der Waals surface area (Å²) in [6.45, 7) is 4.22. The zero-order chi connectivity index (χ0) is 34.2. The molecule has 8 aromatic rings. The molecule has 0 saturated heterocycles. The minimum Gasteiger partial charge on any atom is -0.507 e. The Labute approximate surface area is 291 Å². The molecule has 3 N–H and O–H groups in total. The van der Waals surface area contributed by atoms with Crippen LogP contribution in [0.4, 0.5) is 22.7 Å². The lowest BCUT2D eigenvalue weighted by molar-refractivity contribution is 0.102. The summed E-state index contributed by atoms with van der Waals surface area (Å²) in [5.41, 5.74) is 11.2. The Morgan fingerprint density at radius 3 is 1.80 bits per heavy atom. The SMILES string of the molecule is Cc1ccc(N(c2ccc(C)cc2)c2ccc(CCc3ccc(NC(=O)c4cc5ccc6c7ccccc7[nH]c6c5cc4O)cc3)cc2)cc1. The molecule has 50 heavy (non-hydrogen) atoms. The number of amides is 1. The molecule has 0 unspecified atom stereocenters. The smallest absolute Gasteiger partial charge is 0.259 e. The zero-order valence-corrected chi connectivity index (χ0v) is 28.1. The van der Waals surface area contributed by atoms with E-state index in [2.05, 4.69) is 114 Å². The van der Waals surface area contributed by atoms with Crippen LogP contribution in [0.15, 0.2) is 146 Å². The molecule has 5 nitrogen and oxygen atoms in total. The van der Waals surface area contributed by atoms with Crippen molar-refractivity contribution >= 4 is 61.2 Å². The van der Waals surface area contributed by atoms with Crippen LogP contribution in [0.3, 0.4) is 0 Å². The van der Waals surface area contributed by atoms with E-state index in [0.717, 1.165) is 62.5 Å². The Kier molecular flexibility index (Phi) is 8.01. The highest BCUT2D eigenvalue weighted by Crippen LogP contribution is 2.36. The third-order valence-electron chi connectivity index (χ3n) is 9.55. The molecule has 0 aliphatic carbocycles. The summed E-state index contributed by atoms with van der Waals surface area (Å²) in [6.07, 6.45) is 1.77. The fourth-order valence-corrected chi connectivity index (χ4v) is 6.75. The first-order valence-electron chi connectivity index (χ1n) is 17.0. The number of nitrogens with one attached hydrogen (secondary N) is 2. The largest absolute Gasteiger partial charge is 0.507 e. The summed E-state index contributed by atoms with van der Waals surface area (Å²) in [4.78, 5) is 19.0. The van der Waals surface area contributed by atoms with Crippen LogP contribution in [0.1, 0.15) is 32.6 Å². The van der Waals surface area contributed by atoms with E-state index < -0.39 is 0 Å². The van der Waals surface area contributed by atoms with E-state index in [1.165, 1.54) is 22.3 Å². The number of aryl methyl sites for hydroxylation is 4. The summed E-state index contributed by atoms with van der Waals surface area (Å²) >= 11 is 0. The zero-order valence-electron chi connectivity index (χ0n) is 28.1. The lowest BCUT2D eigenvalue weighted by Crippen LogP contribution is -2.12. The Morgan fingerprint density at radius 2 is 1.18 bits per heavy atom. The average Bonchev–Trinajstić information content (AvgIpc) is 3.53. The number of carbonyl (C=O) groups is 1. The van der Waals surface area contributed by atoms with Crippen molar-refractivity contribution in [2.45, 2.75) is 26.7 Å². The predicted molar refractivity (Wildman–Crippen MR) is 207 cm³/mol. The first-order valence-corrected chi connectivity index (χ1v) is 17.0. The van der Waals surface area contributed by atoms with E-state index in [1.54, 1.807) is 12.1 Å². The van der Waals surface area contributed by atoms with Crippen LogP contribution in [-0.2, 0) is 12.8 Å². The number of nitrogens with zero attached hydrogens (tertiary/aromatic N) is 1. The second-order valence-corrected chi connectivity index (χ2v) is 13.1. The minimum absolute atomic E-state index is 0.0513. The number of aromatic amines is 1. The standard InChI is InChI=1S/C45H37N3O2/c1-29-7-20-35(21-8-29)48(36-22-9-30(2)10-23-36)37-24-15-32(16-25-37)12-11-31-13-18-34(19-14-31)46-45(50)41-27-33-17-26-39-38-5-3-4-6-42(38)47-44(39)40(33)28-43(41)49/h3-10,13-28,47,49H,11-12H2,1-2H3,(H,46,50). The lowest BCUT2D eigenvalue weighted by Gasteiger charge is -2.26. The van der Waals surface area contributed by atoms with E-state index >= 15 is 0 Å². The maximum atomic E-state index is 13.3. The third-order valence-corrected chi connectivity index (χ3v) is 9.55. The van der Waals surface area contributed by atoms with E-state index in [-0.39, 0.29) is 17.2 Å². The molecule has 7 aromatic carbocycles. The number of carbonyl (C=O) groups excluding carboxylic acids is 1. The van der Waals surface area contributed by atoms with Crippen LogP contribution in [0, 0.1) is 13.8 Å². The van der Waals surface area contributed by atoms with Gasteiger partial charge in [0.15, 0.2) is 0 Å². The van der Waals surface area contributed by atoms with Gasteiger partial charge in [0.1, 0.15) is 5.75 Å². The number of H-pyrrole nitrogens is 1. The van der Waals surface area contributed by atoms with E-state index in [4.69, 9.17) is 0 Å². The summed E-state index contributed by atoms with van der Waals surface area (Å²) in [6, 6.07) is 49.6. The van der Waals surface area contributed by atoms with Crippen molar-refractivity contribution < 1.29 is 9.90 Å². The van der Waals surface area contributed by atoms with Crippen molar-refractivity contribution in [2.75, 3.05) is 10.2 Å². The molecule has 5 heteroatoms. The fraction of sp³-hybridized carbons (Fsp3) is 0.0889. The molecule has 1 heterocycles. The molecule has 0 radical (unpaired) electrons. The molecule has 8 rings (SSSR count). The number of fused-ring (bicyclic) bond motifs is 5. The molecule has 0 fully saturated rings. The minimum atomic E-state index is -0.348. The Bertz CT molecular complexity index is 2430.